The molecule has 0 spiro atoms. The predicted octanol–water partition coefficient (Wildman–Crippen LogP) is 31.1. The number of aryl methyl sites for hydroxylation is 4. The number of phenols is 4. The number of phenolic OH excluding ortho intramolecular Hbond substituents is 4. The van der Waals surface area contributed by atoms with Crippen molar-refractivity contribution in [2.75, 3.05) is 54.4 Å². The molecule has 0 saturated heterocycles. The zero-order valence-electron chi connectivity index (χ0n) is 87.9. The zero-order chi connectivity index (χ0) is 103. The Morgan fingerprint density at radius 1 is 0.189 bits per heavy atom. The topological polar surface area (TPSA) is 93.9 Å². The number of hydrogen-bond acceptors (Lipinski definition) is 8. The molecule has 0 bridgehead atoms. The SMILES string of the molecule is Cc1cc(CN(CCN(C)C)Cc2cc(C)cc(C3(C)c4ccccc4-c4ccccc43)c2O)c(O)c(C2(C)c3ccccc3-c3ccccc32)c1.Cc1cc(CN(CCN(C)C)Cc2cc(C)cc(C3(C)c4ccccc4-c4ccccc43)c2O)c(O)c(C2(C)c3ccccc3-c3ccccc32)c1.[CH2-]c1ccccc1.[CH2-]c1ccccc1.[CH2-]c1ccccc1.[CH2-]c1ccccc1.[CH2-]c1ccccc1.[CH2-]c1ccccc1.[Zr+4].[Zr+4]. The fourth-order valence-electron chi connectivity index (χ4n) is 21.3. The van der Waals surface area contributed by atoms with E-state index in [4.69, 9.17) is 0 Å². The van der Waals surface area contributed by atoms with Crippen LogP contribution in [0.2, 0.25) is 0 Å². The second-order valence-corrected chi connectivity index (χ2v) is 40.1. The Balaban J connectivity index is 0.000000175. The first-order chi connectivity index (χ1) is 70.4. The molecule has 4 aliphatic rings. The summed E-state index contributed by atoms with van der Waals surface area (Å²) in [6.45, 7) is 45.2. The van der Waals surface area contributed by atoms with E-state index in [1.165, 1.54) is 89.0 Å². The van der Waals surface area contributed by atoms with E-state index in [0.29, 0.717) is 49.2 Å². The standard InChI is InChI=1S/2C48H48N2O2.6C7H7.2Zr/c2*1-31-25-33(45(51)43(27-31)47(3)39-19-11-7-15-35(39)36-16-8-12-20-40(36)47)29-50(24-23-49(5)6)30-34-26-32(2)28-44(46(34)52)48(4)41-21-13-9-17-37(41)38-18-10-14-22-42(38)48;6*1-7-5-3-2-4-6-7;;/h2*7-22,25-28,51-52H,23-24,29-30H2,1-6H3;6*2-6H,1H2;;/q;;6*-1;2*+4. The van der Waals surface area contributed by atoms with Crippen molar-refractivity contribution in [2.45, 2.75) is 103 Å². The molecule has 0 aromatic heterocycles. The monoisotopic (exact) mass is 2090 g/mol. The van der Waals surface area contributed by atoms with E-state index in [0.717, 1.165) is 126 Å². The van der Waals surface area contributed by atoms with Gasteiger partial charge in [0.15, 0.2) is 0 Å². The van der Waals surface area contributed by atoms with Crippen LogP contribution >= 0.6 is 0 Å². The molecule has 0 radical (unpaired) electrons. The van der Waals surface area contributed by atoms with Gasteiger partial charge >= 0.3 is 52.4 Å². The third-order valence-corrected chi connectivity index (χ3v) is 28.7. The van der Waals surface area contributed by atoms with Crippen molar-refractivity contribution >= 4 is 0 Å². The van der Waals surface area contributed by atoms with E-state index in [2.05, 4.69) is 387 Å². The molecule has 0 unspecified atom stereocenters. The Kier molecular flexibility index (Phi) is 38.0. The van der Waals surface area contributed by atoms with Gasteiger partial charge in [0.2, 0.25) is 0 Å². The normalized spacial score (nSPS) is 12.8. The number of rotatable bonds is 18. The van der Waals surface area contributed by atoms with Gasteiger partial charge in [-0.25, -0.2) is 0 Å². The van der Waals surface area contributed by atoms with E-state index in [9.17, 15) is 20.4 Å². The molecule has 0 amide bonds. The Labute approximate surface area is 920 Å². The quantitative estimate of drug-likeness (QED) is 0.0632. The smallest absolute Gasteiger partial charge is 0.507 e. The Morgan fingerprint density at radius 3 is 0.453 bits per heavy atom. The van der Waals surface area contributed by atoms with E-state index in [1.54, 1.807) is 0 Å². The van der Waals surface area contributed by atoms with Gasteiger partial charge in [0.1, 0.15) is 23.0 Å². The number of likely N-dealkylation sites (N-methyl/N-ethyl adjacent to an activating group) is 2. The maximum atomic E-state index is 12.3. The number of fused-ring (bicyclic) bond motifs is 12. The Hall–Kier alpha value is -14.0. The minimum atomic E-state index is -0.500. The molecule has 0 heterocycles. The third-order valence-electron chi connectivity index (χ3n) is 28.7. The molecule has 10 heteroatoms. The Morgan fingerprint density at radius 2 is 0.324 bits per heavy atom. The molecule has 4 N–H and O–H groups in total. The summed E-state index contributed by atoms with van der Waals surface area (Å²) in [4.78, 5) is 9.12. The van der Waals surface area contributed by atoms with E-state index < -0.39 is 21.7 Å². The molecule has 740 valence electrons. The molecule has 0 fully saturated rings. The van der Waals surface area contributed by atoms with Gasteiger partial charge in [-0.2, -0.15) is 148 Å². The molecule has 0 saturated carbocycles. The first kappa shape index (κ1) is 111. The molecule has 0 atom stereocenters. The van der Waals surface area contributed by atoms with Crippen LogP contribution in [0, 0.1) is 69.2 Å². The molecular weight excluding hydrogens is 1960 g/mol. The Bertz CT molecular complexity index is 6320. The molecule has 22 rings (SSSR count). The van der Waals surface area contributed by atoms with Crippen molar-refractivity contribution in [3.05, 3.63) is 611 Å². The van der Waals surface area contributed by atoms with E-state index in [-0.39, 0.29) is 52.4 Å². The summed E-state index contributed by atoms with van der Waals surface area (Å²) in [5, 5.41) is 49.2. The summed E-state index contributed by atoms with van der Waals surface area (Å²) in [5.41, 5.74) is 35.7. The van der Waals surface area contributed by atoms with Crippen LogP contribution in [0.4, 0.5) is 0 Å². The summed E-state index contributed by atoms with van der Waals surface area (Å²) >= 11 is 0. The zero-order valence-corrected chi connectivity index (χ0v) is 92.8. The van der Waals surface area contributed by atoms with Gasteiger partial charge in [0, 0.05) is 119 Å². The molecule has 18 aromatic carbocycles. The minimum Gasteiger partial charge on any atom is -0.507 e. The van der Waals surface area contributed by atoms with Crippen LogP contribution < -0.4 is 0 Å². The maximum Gasteiger partial charge on any atom is 4.00 e. The summed E-state index contributed by atoms with van der Waals surface area (Å²) in [7, 11) is 8.37. The van der Waals surface area contributed by atoms with Crippen molar-refractivity contribution in [2.24, 2.45) is 0 Å². The van der Waals surface area contributed by atoms with Crippen LogP contribution in [0.1, 0.15) is 172 Å². The van der Waals surface area contributed by atoms with Gasteiger partial charge in [-0.05, 0) is 173 Å². The first-order valence-electron chi connectivity index (χ1n) is 50.5. The summed E-state index contributed by atoms with van der Waals surface area (Å²) in [6, 6.07) is 145. The van der Waals surface area contributed by atoms with Crippen LogP contribution in [0.3, 0.4) is 0 Å². The minimum absolute atomic E-state index is 0. The summed E-state index contributed by atoms with van der Waals surface area (Å²) < 4.78 is 0. The maximum absolute atomic E-state index is 12.3. The average Bonchev–Trinajstić information content (AvgIpc) is 1.57. The van der Waals surface area contributed by atoms with E-state index in [1.807, 2.05) is 182 Å². The number of nitrogens with zero attached hydrogens (tertiary/aromatic N) is 4. The second kappa shape index (κ2) is 50.6. The largest absolute Gasteiger partial charge is 4.00 e. The fraction of sp³-hybridized carbons (Fsp3) is 0.174. The number of aromatic hydroxyl groups is 4. The third kappa shape index (κ3) is 25.2. The van der Waals surface area contributed by atoms with Crippen LogP contribution in [-0.2, 0) is 100 Å². The fourth-order valence-corrected chi connectivity index (χ4v) is 21.3. The second-order valence-electron chi connectivity index (χ2n) is 40.1. The van der Waals surface area contributed by atoms with Crippen LogP contribution in [0.5, 0.6) is 23.0 Å². The molecule has 148 heavy (non-hydrogen) atoms. The van der Waals surface area contributed by atoms with Crippen molar-refractivity contribution in [1.29, 1.82) is 0 Å². The summed E-state index contributed by atoms with van der Waals surface area (Å²) in [6.07, 6.45) is 0. The molecule has 4 aliphatic carbocycles. The van der Waals surface area contributed by atoms with Gasteiger partial charge in [-0.3, -0.25) is 9.80 Å². The van der Waals surface area contributed by atoms with Crippen molar-refractivity contribution < 1.29 is 72.8 Å². The van der Waals surface area contributed by atoms with Crippen LogP contribution in [0.15, 0.2) is 425 Å². The first-order valence-corrected chi connectivity index (χ1v) is 50.5. The number of benzene rings is 18. The van der Waals surface area contributed by atoms with E-state index >= 15 is 0 Å². The van der Waals surface area contributed by atoms with Gasteiger partial charge in [0.05, 0.1) is 0 Å². The number of hydrogen-bond donors (Lipinski definition) is 4. The molecular formula is C138H138N4O4Zr2+2. The van der Waals surface area contributed by atoms with Gasteiger partial charge in [0.25, 0.3) is 0 Å². The molecule has 18 aromatic rings. The molecule has 8 nitrogen and oxygen atoms in total. The predicted molar refractivity (Wildman–Crippen MR) is 612 cm³/mol. The van der Waals surface area contributed by atoms with Crippen LogP contribution in [-0.4, -0.2) is 94.4 Å². The van der Waals surface area contributed by atoms with Crippen molar-refractivity contribution in [1.82, 2.24) is 19.6 Å². The molecule has 0 aliphatic heterocycles. The average molecular weight is 2100 g/mol. The van der Waals surface area contributed by atoms with Gasteiger partial charge in [-0.1, -0.05) is 301 Å². The van der Waals surface area contributed by atoms with Crippen molar-refractivity contribution in [3.63, 3.8) is 0 Å². The van der Waals surface area contributed by atoms with Gasteiger partial charge < -0.3 is 30.2 Å². The van der Waals surface area contributed by atoms with Gasteiger partial charge in [-0.15, -0.1) is 72.8 Å². The van der Waals surface area contributed by atoms with Crippen molar-refractivity contribution in [3.8, 4) is 67.5 Å². The summed E-state index contributed by atoms with van der Waals surface area (Å²) in [5.74, 6) is 1.37. The van der Waals surface area contributed by atoms with Crippen LogP contribution in [0.25, 0.3) is 44.5 Å².